The Balaban J connectivity index is 2.47. The molecular weight excluding hydrogens is 232 g/mol. The van der Waals surface area contributed by atoms with E-state index in [0.717, 1.165) is 18.3 Å². The van der Waals surface area contributed by atoms with Crippen LogP contribution in [0.15, 0.2) is 30.5 Å². The quantitative estimate of drug-likeness (QED) is 0.351. The Bertz CT molecular complexity index is 596. The Labute approximate surface area is 104 Å². The third-order valence-electron chi connectivity index (χ3n) is 2.80. The van der Waals surface area contributed by atoms with Gasteiger partial charge in [0.2, 0.25) is 0 Å². The summed E-state index contributed by atoms with van der Waals surface area (Å²) in [6.45, 7) is 0. The van der Waals surface area contributed by atoms with Gasteiger partial charge < -0.3 is 4.79 Å². The van der Waals surface area contributed by atoms with Crippen molar-refractivity contribution in [2.45, 2.75) is 19.3 Å². The first-order valence-electron chi connectivity index (χ1n) is 5.68. The molecule has 18 heavy (non-hydrogen) atoms. The van der Waals surface area contributed by atoms with Gasteiger partial charge in [-0.1, -0.05) is 6.07 Å². The summed E-state index contributed by atoms with van der Waals surface area (Å²) < 4.78 is 0. The maximum atomic E-state index is 10.9. The number of fused-ring (bicyclic) bond motifs is 1. The first-order valence-corrected chi connectivity index (χ1v) is 5.68. The highest BCUT2D eigenvalue weighted by atomic mass is 16.6. The molecule has 0 radical (unpaired) electrons. The zero-order valence-electron chi connectivity index (χ0n) is 9.70. The predicted molar refractivity (Wildman–Crippen MR) is 67.4 cm³/mol. The van der Waals surface area contributed by atoms with E-state index < -0.39 is 4.92 Å². The summed E-state index contributed by atoms with van der Waals surface area (Å²) in [4.78, 5) is 25.0. The number of rotatable bonds is 5. The van der Waals surface area contributed by atoms with Crippen molar-refractivity contribution in [2.75, 3.05) is 0 Å². The number of aldehydes is 1. The molecule has 2 rings (SSSR count). The second kappa shape index (κ2) is 5.35. The Morgan fingerprint density at radius 3 is 2.89 bits per heavy atom. The van der Waals surface area contributed by atoms with Crippen molar-refractivity contribution in [3.8, 4) is 0 Å². The first-order chi connectivity index (χ1) is 8.74. The van der Waals surface area contributed by atoms with Crippen molar-refractivity contribution in [3.05, 3.63) is 46.1 Å². The largest absolute Gasteiger partial charge is 0.303 e. The zero-order chi connectivity index (χ0) is 13.0. The number of hydrogen-bond acceptors (Lipinski definition) is 4. The number of aromatic nitrogens is 1. The monoisotopic (exact) mass is 244 g/mol. The standard InChI is InChI=1S/C13H12N2O3/c16-9-2-1-4-10-6-7-12(15(17)18)11-5-3-8-14-13(10)11/h3,5-9H,1-2,4H2. The zero-order valence-corrected chi connectivity index (χ0v) is 9.70. The minimum absolute atomic E-state index is 0.0669. The molecule has 0 aliphatic rings. The van der Waals surface area contributed by atoms with Crippen molar-refractivity contribution in [3.63, 3.8) is 0 Å². The Hall–Kier alpha value is -2.30. The number of aryl methyl sites for hydroxylation is 1. The van der Waals surface area contributed by atoms with Gasteiger partial charge in [0.25, 0.3) is 5.69 Å². The third-order valence-corrected chi connectivity index (χ3v) is 2.80. The first kappa shape index (κ1) is 12.2. The lowest BCUT2D eigenvalue weighted by Crippen LogP contribution is -1.95. The number of pyridine rings is 1. The molecule has 0 saturated heterocycles. The van der Waals surface area contributed by atoms with Crippen molar-refractivity contribution >= 4 is 22.9 Å². The summed E-state index contributed by atoms with van der Waals surface area (Å²) in [5.74, 6) is 0. The van der Waals surface area contributed by atoms with Crippen LogP contribution in [0.25, 0.3) is 10.9 Å². The SMILES string of the molecule is O=CCCCc1ccc([N+](=O)[O-])c2cccnc12. The molecule has 0 unspecified atom stereocenters. The summed E-state index contributed by atoms with van der Waals surface area (Å²) >= 11 is 0. The van der Waals surface area contributed by atoms with E-state index in [9.17, 15) is 14.9 Å². The molecule has 1 heterocycles. The van der Waals surface area contributed by atoms with E-state index in [-0.39, 0.29) is 5.69 Å². The fourth-order valence-corrected chi connectivity index (χ4v) is 1.95. The molecule has 2 aromatic rings. The molecule has 5 nitrogen and oxygen atoms in total. The lowest BCUT2D eigenvalue weighted by atomic mass is 10.0. The molecule has 92 valence electrons. The molecule has 1 aromatic heterocycles. The van der Waals surface area contributed by atoms with Gasteiger partial charge in [-0.25, -0.2) is 0 Å². The van der Waals surface area contributed by atoms with E-state index in [0.29, 0.717) is 23.7 Å². The average Bonchev–Trinajstić information content (AvgIpc) is 2.38. The number of carbonyl (C=O) groups excluding carboxylic acids is 1. The van der Waals surface area contributed by atoms with Gasteiger partial charge in [-0.2, -0.15) is 0 Å². The van der Waals surface area contributed by atoms with Gasteiger partial charge in [-0.15, -0.1) is 0 Å². The topological polar surface area (TPSA) is 73.1 Å². The molecule has 5 heteroatoms. The summed E-state index contributed by atoms with van der Waals surface area (Å²) in [6.07, 6.45) is 4.42. The Kier molecular flexibility index (Phi) is 3.62. The normalized spacial score (nSPS) is 10.4. The maximum Gasteiger partial charge on any atom is 0.278 e. The van der Waals surface area contributed by atoms with Crippen LogP contribution in [0, 0.1) is 10.1 Å². The maximum absolute atomic E-state index is 10.9. The summed E-state index contributed by atoms with van der Waals surface area (Å²) in [5, 5.41) is 11.5. The molecule has 0 atom stereocenters. The van der Waals surface area contributed by atoms with Crippen LogP contribution in [0.1, 0.15) is 18.4 Å². The van der Waals surface area contributed by atoms with Gasteiger partial charge in [-0.05, 0) is 30.5 Å². The Morgan fingerprint density at radius 1 is 1.33 bits per heavy atom. The van der Waals surface area contributed by atoms with Gasteiger partial charge in [-0.3, -0.25) is 15.1 Å². The van der Waals surface area contributed by atoms with E-state index in [1.807, 2.05) is 0 Å². The lowest BCUT2D eigenvalue weighted by Gasteiger charge is -2.05. The van der Waals surface area contributed by atoms with Crippen LogP contribution in [0.5, 0.6) is 0 Å². The van der Waals surface area contributed by atoms with Gasteiger partial charge in [0.1, 0.15) is 6.29 Å². The fourth-order valence-electron chi connectivity index (χ4n) is 1.95. The molecule has 0 fully saturated rings. The van der Waals surface area contributed by atoms with E-state index in [1.54, 1.807) is 24.4 Å². The Morgan fingerprint density at radius 2 is 2.17 bits per heavy atom. The number of non-ortho nitro benzene ring substituents is 1. The van der Waals surface area contributed by atoms with E-state index >= 15 is 0 Å². The van der Waals surface area contributed by atoms with Gasteiger partial charge >= 0.3 is 0 Å². The van der Waals surface area contributed by atoms with Crippen LogP contribution < -0.4 is 0 Å². The van der Waals surface area contributed by atoms with E-state index in [4.69, 9.17) is 0 Å². The number of nitro groups is 1. The number of unbranched alkanes of at least 4 members (excludes halogenated alkanes) is 1. The molecule has 0 spiro atoms. The smallest absolute Gasteiger partial charge is 0.278 e. The van der Waals surface area contributed by atoms with Crippen LogP contribution >= 0.6 is 0 Å². The molecule has 0 bridgehead atoms. The molecule has 0 saturated carbocycles. The van der Waals surface area contributed by atoms with E-state index in [2.05, 4.69) is 4.98 Å². The molecule has 0 N–H and O–H groups in total. The number of benzene rings is 1. The predicted octanol–water partition coefficient (Wildman–Crippen LogP) is 2.66. The minimum atomic E-state index is -0.404. The number of nitro benzene ring substituents is 1. The van der Waals surface area contributed by atoms with Crippen LogP contribution in [-0.4, -0.2) is 16.2 Å². The van der Waals surface area contributed by atoms with Crippen LogP contribution in [0.4, 0.5) is 5.69 Å². The number of hydrogen-bond donors (Lipinski definition) is 0. The van der Waals surface area contributed by atoms with Crippen LogP contribution in [0.3, 0.4) is 0 Å². The average molecular weight is 244 g/mol. The highest BCUT2D eigenvalue weighted by molar-refractivity contribution is 5.90. The van der Waals surface area contributed by atoms with Crippen molar-refractivity contribution in [1.82, 2.24) is 4.98 Å². The molecule has 0 aliphatic carbocycles. The number of nitrogens with zero attached hydrogens (tertiary/aromatic N) is 2. The molecule has 0 aliphatic heterocycles. The minimum Gasteiger partial charge on any atom is -0.303 e. The van der Waals surface area contributed by atoms with Crippen LogP contribution in [-0.2, 0) is 11.2 Å². The van der Waals surface area contributed by atoms with Crippen molar-refractivity contribution < 1.29 is 9.72 Å². The fraction of sp³-hybridized carbons (Fsp3) is 0.231. The van der Waals surface area contributed by atoms with Crippen LogP contribution in [0.2, 0.25) is 0 Å². The molecule has 1 aromatic carbocycles. The van der Waals surface area contributed by atoms with Crippen molar-refractivity contribution in [1.29, 1.82) is 0 Å². The second-order valence-electron chi connectivity index (χ2n) is 3.96. The summed E-state index contributed by atoms with van der Waals surface area (Å²) in [6, 6.07) is 6.60. The highest BCUT2D eigenvalue weighted by Crippen LogP contribution is 2.27. The van der Waals surface area contributed by atoms with Gasteiger partial charge in [0.15, 0.2) is 0 Å². The molecule has 0 amide bonds. The highest BCUT2D eigenvalue weighted by Gasteiger charge is 2.14. The summed E-state index contributed by atoms with van der Waals surface area (Å²) in [5.41, 5.74) is 1.66. The van der Waals surface area contributed by atoms with Gasteiger partial charge in [0, 0.05) is 18.7 Å². The van der Waals surface area contributed by atoms with Gasteiger partial charge in [0.05, 0.1) is 15.8 Å². The summed E-state index contributed by atoms with van der Waals surface area (Å²) in [7, 11) is 0. The van der Waals surface area contributed by atoms with Crippen molar-refractivity contribution in [2.24, 2.45) is 0 Å². The van der Waals surface area contributed by atoms with E-state index in [1.165, 1.54) is 6.07 Å². The second-order valence-corrected chi connectivity index (χ2v) is 3.96. The third kappa shape index (κ3) is 2.34. The lowest BCUT2D eigenvalue weighted by molar-refractivity contribution is -0.383. The number of carbonyl (C=O) groups is 1. The molecular formula is C13H12N2O3.